The second kappa shape index (κ2) is 5.04. The quantitative estimate of drug-likeness (QED) is 0.845. The minimum atomic E-state index is 0.821. The van der Waals surface area contributed by atoms with E-state index in [-0.39, 0.29) is 0 Å². The van der Waals surface area contributed by atoms with Gasteiger partial charge >= 0.3 is 0 Å². The molecule has 17 heavy (non-hydrogen) atoms. The Kier molecular flexibility index (Phi) is 3.47. The summed E-state index contributed by atoms with van der Waals surface area (Å²) in [7, 11) is 0. The number of nitrogens with zero attached hydrogens (tertiary/aromatic N) is 1. The number of hydrogen-bond acceptors (Lipinski definition) is 2. The molecule has 2 rings (SSSR count). The highest BCUT2D eigenvalue weighted by Gasteiger charge is 2.06. The van der Waals surface area contributed by atoms with Gasteiger partial charge in [-0.3, -0.25) is 5.10 Å². The number of hydrogen-bond donors (Lipinski definition) is 2. The summed E-state index contributed by atoms with van der Waals surface area (Å²) in [6.45, 7) is 7.18. The van der Waals surface area contributed by atoms with Crippen LogP contribution >= 0.6 is 0 Å². The molecule has 0 bridgehead atoms. The van der Waals surface area contributed by atoms with Gasteiger partial charge in [0.15, 0.2) is 5.82 Å². The summed E-state index contributed by atoms with van der Waals surface area (Å²) in [6, 6.07) is 8.41. The number of benzene rings is 1. The summed E-state index contributed by atoms with van der Waals surface area (Å²) in [5.41, 5.74) is 5.05. The average molecular weight is 229 g/mol. The van der Waals surface area contributed by atoms with Crippen LogP contribution in [-0.4, -0.2) is 10.2 Å². The van der Waals surface area contributed by atoms with Gasteiger partial charge in [-0.15, -0.1) is 0 Å². The first kappa shape index (κ1) is 11.7. The lowest BCUT2D eigenvalue weighted by Gasteiger charge is -2.07. The number of H-pyrrole nitrogens is 1. The maximum absolute atomic E-state index is 4.30. The molecule has 0 aliphatic rings. The molecule has 3 nitrogen and oxygen atoms in total. The molecule has 0 aliphatic carbocycles. The molecule has 90 valence electrons. The van der Waals surface area contributed by atoms with E-state index in [9.17, 15) is 0 Å². The number of rotatable bonds is 4. The lowest BCUT2D eigenvalue weighted by Crippen LogP contribution is -2.02. The molecule has 2 N–H and O–H groups in total. The first-order valence-electron chi connectivity index (χ1n) is 6.04. The molecular formula is C14H19N3. The van der Waals surface area contributed by atoms with Gasteiger partial charge in [-0.05, 0) is 31.4 Å². The van der Waals surface area contributed by atoms with Gasteiger partial charge in [0.2, 0.25) is 0 Å². The summed E-state index contributed by atoms with van der Waals surface area (Å²) in [5, 5.41) is 10.7. The highest BCUT2D eigenvalue weighted by Crippen LogP contribution is 2.17. The van der Waals surface area contributed by atoms with Crippen molar-refractivity contribution >= 4 is 5.82 Å². The average Bonchev–Trinajstić information content (AvgIpc) is 2.69. The molecular weight excluding hydrogens is 210 g/mol. The van der Waals surface area contributed by atoms with Gasteiger partial charge in [0.05, 0.1) is 0 Å². The second-order valence-corrected chi connectivity index (χ2v) is 4.31. The van der Waals surface area contributed by atoms with Crippen molar-refractivity contribution in [2.45, 2.75) is 33.7 Å². The maximum Gasteiger partial charge on any atom is 0.151 e. The van der Waals surface area contributed by atoms with Crippen molar-refractivity contribution in [3.05, 3.63) is 46.6 Å². The van der Waals surface area contributed by atoms with E-state index in [1.54, 1.807) is 0 Å². The van der Waals surface area contributed by atoms with Crippen molar-refractivity contribution in [1.82, 2.24) is 10.2 Å². The van der Waals surface area contributed by atoms with Gasteiger partial charge in [0.1, 0.15) is 0 Å². The second-order valence-electron chi connectivity index (χ2n) is 4.31. The Labute approximate surface area is 102 Å². The van der Waals surface area contributed by atoms with Crippen molar-refractivity contribution in [3.63, 3.8) is 0 Å². The van der Waals surface area contributed by atoms with Crippen LogP contribution in [-0.2, 0) is 13.0 Å². The van der Waals surface area contributed by atoms with E-state index in [0.29, 0.717) is 0 Å². The monoisotopic (exact) mass is 229 g/mol. The van der Waals surface area contributed by atoms with Crippen molar-refractivity contribution in [2.75, 3.05) is 5.32 Å². The number of aryl methyl sites for hydroxylation is 2. The minimum Gasteiger partial charge on any atom is -0.364 e. The molecule has 0 radical (unpaired) electrons. The minimum absolute atomic E-state index is 0.821. The SMILES string of the molecule is CCc1[nH]nc(NCc2ccccc2C)c1C. The molecule has 0 amide bonds. The van der Waals surface area contributed by atoms with Crippen molar-refractivity contribution in [2.24, 2.45) is 0 Å². The summed E-state index contributed by atoms with van der Waals surface area (Å²) in [4.78, 5) is 0. The number of aromatic amines is 1. The molecule has 0 saturated heterocycles. The first-order chi connectivity index (χ1) is 8.22. The highest BCUT2D eigenvalue weighted by atomic mass is 15.2. The summed E-state index contributed by atoms with van der Waals surface area (Å²) < 4.78 is 0. The van der Waals surface area contributed by atoms with E-state index >= 15 is 0 Å². The predicted octanol–water partition coefficient (Wildman–Crippen LogP) is 3.20. The lowest BCUT2D eigenvalue weighted by atomic mass is 10.1. The Morgan fingerprint density at radius 2 is 2.00 bits per heavy atom. The van der Waals surface area contributed by atoms with Crippen LogP contribution in [0.15, 0.2) is 24.3 Å². The van der Waals surface area contributed by atoms with E-state index in [2.05, 4.69) is 60.6 Å². The van der Waals surface area contributed by atoms with Crippen LogP contribution in [0.25, 0.3) is 0 Å². The fourth-order valence-corrected chi connectivity index (χ4v) is 1.94. The topological polar surface area (TPSA) is 40.7 Å². The van der Waals surface area contributed by atoms with Crippen LogP contribution in [0.2, 0.25) is 0 Å². The molecule has 1 aromatic carbocycles. The van der Waals surface area contributed by atoms with Crippen LogP contribution < -0.4 is 5.32 Å². The molecule has 0 unspecified atom stereocenters. The fourth-order valence-electron chi connectivity index (χ4n) is 1.94. The van der Waals surface area contributed by atoms with E-state index in [1.807, 2.05) is 0 Å². The van der Waals surface area contributed by atoms with Crippen molar-refractivity contribution in [1.29, 1.82) is 0 Å². The molecule has 0 aliphatic heterocycles. The zero-order valence-electron chi connectivity index (χ0n) is 10.7. The van der Waals surface area contributed by atoms with Gasteiger partial charge in [0.25, 0.3) is 0 Å². The Hall–Kier alpha value is -1.77. The summed E-state index contributed by atoms with van der Waals surface area (Å²) in [5.74, 6) is 0.963. The van der Waals surface area contributed by atoms with E-state index < -0.39 is 0 Å². The van der Waals surface area contributed by atoms with Crippen LogP contribution in [0.5, 0.6) is 0 Å². The third-order valence-electron chi connectivity index (χ3n) is 3.17. The van der Waals surface area contributed by atoms with E-state index in [1.165, 1.54) is 22.4 Å². The first-order valence-corrected chi connectivity index (χ1v) is 6.04. The van der Waals surface area contributed by atoms with Crippen LogP contribution in [0.3, 0.4) is 0 Å². The molecule has 0 atom stereocenters. The molecule has 0 fully saturated rings. The Bertz CT molecular complexity index is 500. The maximum atomic E-state index is 4.30. The van der Waals surface area contributed by atoms with Gasteiger partial charge in [0, 0.05) is 17.8 Å². The van der Waals surface area contributed by atoms with Gasteiger partial charge < -0.3 is 5.32 Å². The largest absolute Gasteiger partial charge is 0.364 e. The number of nitrogens with one attached hydrogen (secondary N) is 2. The zero-order chi connectivity index (χ0) is 12.3. The van der Waals surface area contributed by atoms with Gasteiger partial charge in [-0.25, -0.2) is 0 Å². The molecule has 2 aromatic rings. The van der Waals surface area contributed by atoms with Crippen LogP contribution in [0.1, 0.15) is 29.3 Å². The van der Waals surface area contributed by atoms with E-state index in [4.69, 9.17) is 0 Å². The van der Waals surface area contributed by atoms with Crippen molar-refractivity contribution < 1.29 is 0 Å². The molecule has 0 spiro atoms. The van der Waals surface area contributed by atoms with Crippen molar-refractivity contribution in [3.8, 4) is 0 Å². The highest BCUT2D eigenvalue weighted by molar-refractivity contribution is 5.46. The summed E-state index contributed by atoms with van der Waals surface area (Å²) >= 11 is 0. The third kappa shape index (κ3) is 2.49. The fraction of sp³-hybridized carbons (Fsp3) is 0.357. The Morgan fingerprint density at radius 1 is 1.24 bits per heavy atom. The van der Waals surface area contributed by atoms with Crippen LogP contribution in [0.4, 0.5) is 5.82 Å². The molecule has 1 aromatic heterocycles. The molecule has 1 heterocycles. The smallest absolute Gasteiger partial charge is 0.151 e. The summed E-state index contributed by atoms with van der Waals surface area (Å²) in [6.07, 6.45) is 0.991. The zero-order valence-corrected chi connectivity index (χ0v) is 10.7. The lowest BCUT2D eigenvalue weighted by molar-refractivity contribution is 0.965. The van der Waals surface area contributed by atoms with E-state index in [0.717, 1.165) is 18.8 Å². The van der Waals surface area contributed by atoms with Crippen LogP contribution in [0, 0.1) is 13.8 Å². The Balaban J connectivity index is 2.07. The predicted molar refractivity (Wildman–Crippen MR) is 71.2 cm³/mol. The molecule has 3 heteroatoms. The number of anilines is 1. The normalized spacial score (nSPS) is 10.5. The third-order valence-corrected chi connectivity index (χ3v) is 3.17. The molecule has 0 saturated carbocycles. The van der Waals surface area contributed by atoms with Gasteiger partial charge in [-0.2, -0.15) is 5.10 Å². The standard InChI is InChI=1S/C14H19N3/c1-4-13-11(3)14(17-16-13)15-9-12-8-6-5-7-10(12)2/h5-8H,4,9H2,1-3H3,(H2,15,16,17). The Morgan fingerprint density at radius 3 is 2.65 bits per heavy atom. The number of aromatic nitrogens is 2. The van der Waals surface area contributed by atoms with Gasteiger partial charge in [-0.1, -0.05) is 31.2 Å².